The molecule has 0 atom stereocenters. The summed E-state index contributed by atoms with van der Waals surface area (Å²) in [4.78, 5) is 18.7. The van der Waals surface area contributed by atoms with E-state index in [0.717, 1.165) is 43.8 Å². The molecule has 0 saturated carbocycles. The Balaban J connectivity index is 1.42. The number of fused-ring (bicyclic) bond motifs is 1. The molecule has 7 nitrogen and oxygen atoms in total. The summed E-state index contributed by atoms with van der Waals surface area (Å²) in [7, 11) is 0. The number of nitrogens with one attached hydrogen (secondary N) is 1. The first-order valence-electron chi connectivity index (χ1n) is 9.08. The van der Waals surface area contributed by atoms with Crippen molar-refractivity contribution < 1.29 is 9.53 Å². The lowest BCUT2D eigenvalue weighted by atomic mass is 9.96. The quantitative estimate of drug-likeness (QED) is 0.776. The van der Waals surface area contributed by atoms with Crippen molar-refractivity contribution in [1.82, 2.24) is 19.9 Å². The monoisotopic (exact) mass is 345 g/mol. The van der Waals surface area contributed by atoms with Gasteiger partial charge in [-0.05, 0) is 45.2 Å². The van der Waals surface area contributed by atoms with Crippen LogP contribution in [0.25, 0.3) is 5.65 Å². The zero-order chi connectivity index (χ0) is 17.6. The molecule has 2 aromatic heterocycles. The number of anilines is 1. The van der Waals surface area contributed by atoms with E-state index < -0.39 is 0 Å². The Bertz CT molecular complexity index is 692. The first-order valence-corrected chi connectivity index (χ1v) is 9.08. The van der Waals surface area contributed by atoms with Crippen molar-refractivity contribution in [3.05, 3.63) is 24.5 Å². The molecular formula is C18H27N5O2. The van der Waals surface area contributed by atoms with Crippen LogP contribution in [0, 0.1) is 5.92 Å². The third-order valence-corrected chi connectivity index (χ3v) is 4.50. The number of imidazole rings is 1. The van der Waals surface area contributed by atoms with E-state index in [-0.39, 0.29) is 17.9 Å². The molecule has 1 aliphatic rings. The normalized spacial score (nSPS) is 15.9. The van der Waals surface area contributed by atoms with Gasteiger partial charge in [0.25, 0.3) is 0 Å². The van der Waals surface area contributed by atoms with Gasteiger partial charge in [0.15, 0.2) is 5.65 Å². The highest BCUT2D eigenvalue weighted by atomic mass is 16.5. The number of amides is 1. The molecule has 25 heavy (non-hydrogen) atoms. The van der Waals surface area contributed by atoms with E-state index in [1.54, 1.807) is 10.7 Å². The number of hydrogen-bond acceptors (Lipinski definition) is 5. The fraction of sp³-hybridized carbons (Fsp3) is 0.611. The maximum Gasteiger partial charge on any atom is 0.223 e. The maximum atomic E-state index is 12.3. The van der Waals surface area contributed by atoms with Crippen LogP contribution in [0.5, 0.6) is 0 Å². The van der Waals surface area contributed by atoms with Gasteiger partial charge in [-0.2, -0.15) is 0 Å². The largest absolute Gasteiger partial charge is 0.379 e. The molecule has 1 N–H and O–H groups in total. The van der Waals surface area contributed by atoms with Crippen molar-refractivity contribution in [1.29, 1.82) is 0 Å². The molecule has 0 aromatic carbocycles. The van der Waals surface area contributed by atoms with Gasteiger partial charge in [0.1, 0.15) is 5.82 Å². The van der Waals surface area contributed by atoms with Gasteiger partial charge in [0.2, 0.25) is 5.91 Å². The molecule has 2 aromatic rings. The topological polar surface area (TPSA) is 71.8 Å². The molecule has 0 unspecified atom stereocenters. The van der Waals surface area contributed by atoms with E-state index in [1.165, 1.54) is 0 Å². The van der Waals surface area contributed by atoms with Gasteiger partial charge >= 0.3 is 0 Å². The fourth-order valence-electron chi connectivity index (χ4n) is 3.09. The lowest BCUT2D eigenvalue weighted by Gasteiger charge is -2.32. The molecule has 7 heteroatoms. The summed E-state index contributed by atoms with van der Waals surface area (Å²) in [5.41, 5.74) is 0.847. The van der Waals surface area contributed by atoms with Gasteiger partial charge in [0.05, 0.1) is 6.10 Å². The van der Waals surface area contributed by atoms with Crippen molar-refractivity contribution in [2.75, 3.05) is 31.1 Å². The van der Waals surface area contributed by atoms with Crippen LogP contribution in [0.2, 0.25) is 0 Å². The zero-order valence-corrected chi connectivity index (χ0v) is 15.0. The average molecular weight is 345 g/mol. The minimum absolute atomic E-state index is 0.0965. The van der Waals surface area contributed by atoms with Crippen molar-refractivity contribution in [3.63, 3.8) is 0 Å². The van der Waals surface area contributed by atoms with Crippen LogP contribution in [0.1, 0.15) is 33.1 Å². The van der Waals surface area contributed by atoms with Gasteiger partial charge in [-0.25, -0.2) is 9.50 Å². The fourth-order valence-corrected chi connectivity index (χ4v) is 3.09. The van der Waals surface area contributed by atoms with Gasteiger partial charge in [0, 0.05) is 44.6 Å². The summed E-state index contributed by atoms with van der Waals surface area (Å²) in [5, 5.41) is 7.61. The molecule has 0 bridgehead atoms. The second-order valence-electron chi connectivity index (χ2n) is 6.75. The van der Waals surface area contributed by atoms with E-state index in [4.69, 9.17) is 4.74 Å². The third-order valence-electron chi connectivity index (χ3n) is 4.50. The van der Waals surface area contributed by atoms with E-state index in [9.17, 15) is 4.79 Å². The van der Waals surface area contributed by atoms with E-state index in [1.807, 2.05) is 32.2 Å². The standard InChI is InChI=1S/C18H27N5O2/c1-14(2)25-13-3-8-20-18(24)15-6-10-22(11-7-15)17-5-4-16-19-9-12-23(16)21-17/h4-5,9,12,14-15H,3,6-8,10-11,13H2,1-2H3,(H,20,24). The third kappa shape index (κ3) is 4.69. The van der Waals surface area contributed by atoms with Crippen molar-refractivity contribution in [2.45, 2.75) is 39.2 Å². The molecule has 0 spiro atoms. The van der Waals surface area contributed by atoms with E-state index in [0.29, 0.717) is 13.2 Å². The van der Waals surface area contributed by atoms with Crippen LogP contribution in [-0.2, 0) is 9.53 Å². The molecule has 3 rings (SSSR count). The molecular weight excluding hydrogens is 318 g/mol. The van der Waals surface area contributed by atoms with E-state index >= 15 is 0 Å². The minimum Gasteiger partial charge on any atom is -0.379 e. The van der Waals surface area contributed by atoms with Crippen LogP contribution in [0.4, 0.5) is 5.82 Å². The van der Waals surface area contributed by atoms with Gasteiger partial charge < -0.3 is 15.0 Å². The maximum absolute atomic E-state index is 12.3. The predicted molar refractivity (Wildman–Crippen MR) is 96.6 cm³/mol. The molecule has 1 saturated heterocycles. The highest BCUT2D eigenvalue weighted by Crippen LogP contribution is 2.22. The molecule has 3 heterocycles. The minimum atomic E-state index is 0.0965. The average Bonchev–Trinajstić information content (AvgIpc) is 3.09. The lowest BCUT2D eigenvalue weighted by molar-refractivity contribution is -0.125. The Morgan fingerprint density at radius 1 is 1.36 bits per heavy atom. The summed E-state index contributed by atoms with van der Waals surface area (Å²) in [6.07, 6.45) is 6.42. The summed E-state index contributed by atoms with van der Waals surface area (Å²) in [6.45, 7) is 7.12. The van der Waals surface area contributed by atoms with E-state index in [2.05, 4.69) is 20.3 Å². The Kier molecular flexibility index (Phi) is 5.86. The first kappa shape index (κ1) is 17.7. The number of aromatic nitrogens is 3. The summed E-state index contributed by atoms with van der Waals surface area (Å²) >= 11 is 0. The molecule has 0 radical (unpaired) electrons. The van der Waals surface area contributed by atoms with Crippen molar-refractivity contribution in [2.24, 2.45) is 5.92 Å². The Labute approximate surface area is 148 Å². The van der Waals surface area contributed by atoms with Crippen LogP contribution in [-0.4, -0.2) is 52.9 Å². The predicted octanol–water partition coefficient (Wildman–Crippen LogP) is 1.88. The summed E-state index contributed by atoms with van der Waals surface area (Å²) in [6, 6.07) is 3.97. The van der Waals surface area contributed by atoms with Crippen molar-refractivity contribution in [3.8, 4) is 0 Å². The van der Waals surface area contributed by atoms with Crippen LogP contribution < -0.4 is 10.2 Å². The second kappa shape index (κ2) is 8.29. The number of carbonyl (C=O) groups excluding carboxylic acids is 1. The number of ether oxygens (including phenoxy) is 1. The van der Waals surface area contributed by atoms with Crippen LogP contribution in [0.15, 0.2) is 24.5 Å². The summed E-state index contributed by atoms with van der Waals surface area (Å²) < 4.78 is 7.27. The molecule has 0 aliphatic carbocycles. The Morgan fingerprint density at radius 2 is 2.16 bits per heavy atom. The van der Waals surface area contributed by atoms with Crippen molar-refractivity contribution >= 4 is 17.4 Å². The number of carbonyl (C=O) groups is 1. The molecule has 1 aliphatic heterocycles. The molecule has 1 fully saturated rings. The van der Waals surface area contributed by atoms with Crippen LogP contribution >= 0.6 is 0 Å². The smallest absolute Gasteiger partial charge is 0.223 e. The Morgan fingerprint density at radius 3 is 2.92 bits per heavy atom. The zero-order valence-electron chi connectivity index (χ0n) is 15.0. The highest BCUT2D eigenvalue weighted by Gasteiger charge is 2.25. The highest BCUT2D eigenvalue weighted by molar-refractivity contribution is 5.78. The van der Waals surface area contributed by atoms with Gasteiger partial charge in [-0.3, -0.25) is 4.79 Å². The first-order chi connectivity index (χ1) is 12.1. The molecule has 136 valence electrons. The number of rotatable bonds is 7. The van der Waals surface area contributed by atoms with Crippen LogP contribution in [0.3, 0.4) is 0 Å². The lowest BCUT2D eigenvalue weighted by Crippen LogP contribution is -2.41. The molecule has 1 amide bonds. The number of piperidine rings is 1. The van der Waals surface area contributed by atoms with Gasteiger partial charge in [-0.15, -0.1) is 5.10 Å². The Hall–Kier alpha value is -2.15. The van der Waals surface area contributed by atoms with Gasteiger partial charge in [-0.1, -0.05) is 0 Å². The number of nitrogens with zero attached hydrogens (tertiary/aromatic N) is 4. The number of hydrogen-bond donors (Lipinski definition) is 1. The summed E-state index contributed by atoms with van der Waals surface area (Å²) in [5.74, 6) is 1.21. The SMILES string of the molecule is CC(C)OCCCNC(=O)C1CCN(c2ccc3nccn3n2)CC1. The second-order valence-corrected chi connectivity index (χ2v) is 6.75.